The summed E-state index contributed by atoms with van der Waals surface area (Å²) in [5, 5.41) is 4.39. The number of piperazine rings is 1. The second-order valence-electron chi connectivity index (χ2n) is 12.8. The van der Waals surface area contributed by atoms with Crippen LogP contribution in [0, 0.1) is 5.82 Å². The maximum atomic E-state index is 15.3. The van der Waals surface area contributed by atoms with Crippen molar-refractivity contribution < 1.29 is 47.3 Å². The number of esters is 1. The molecule has 2 atom stereocenters. The van der Waals surface area contributed by atoms with E-state index in [0.29, 0.717) is 18.8 Å². The first-order valence-electron chi connectivity index (χ1n) is 15.5. The molecule has 2 aromatic rings. The zero-order chi connectivity index (χ0) is 34.9. The Morgan fingerprint density at radius 3 is 2.44 bits per heavy atom. The van der Waals surface area contributed by atoms with Crippen LogP contribution in [0.25, 0.3) is 0 Å². The fourth-order valence-corrected chi connectivity index (χ4v) is 5.74. The summed E-state index contributed by atoms with van der Waals surface area (Å²) >= 11 is 0. The maximum Gasteiger partial charge on any atom is 0.418 e. The number of carbonyl (C=O) groups excluding carboxylic acids is 5. The molecule has 260 valence electrons. The lowest BCUT2D eigenvalue weighted by molar-refractivity contribution is -0.165. The summed E-state index contributed by atoms with van der Waals surface area (Å²) in [5.74, 6) is -2.13. The van der Waals surface area contributed by atoms with Crippen LogP contribution >= 0.6 is 0 Å². The Hall–Kier alpha value is -4.93. The molecular weight excluding hydrogens is 633 g/mol. The van der Waals surface area contributed by atoms with Gasteiger partial charge in [-0.05, 0) is 39.0 Å². The van der Waals surface area contributed by atoms with Gasteiger partial charge in [0, 0.05) is 58.5 Å². The number of ether oxygens (including phenoxy) is 4. The molecule has 0 aliphatic carbocycles. The first-order chi connectivity index (χ1) is 22.6. The molecule has 2 saturated heterocycles. The first-order valence-corrected chi connectivity index (χ1v) is 15.5. The van der Waals surface area contributed by atoms with Gasteiger partial charge in [-0.3, -0.25) is 19.3 Å². The molecule has 0 bridgehead atoms. The van der Waals surface area contributed by atoms with E-state index in [4.69, 9.17) is 18.9 Å². The number of rotatable bonds is 7. The van der Waals surface area contributed by atoms with Crippen molar-refractivity contribution >= 4 is 41.5 Å². The van der Waals surface area contributed by atoms with Gasteiger partial charge in [0.15, 0.2) is 0 Å². The van der Waals surface area contributed by atoms with Gasteiger partial charge in [0.05, 0.1) is 43.8 Å². The third-order valence-electron chi connectivity index (χ3n) is 8.05. The second-order valence-corrected chi connectivity index (χ2v) is 12.8. The van der Waals surface area contributed by atoms with Gasteiger partial charge in [0.2, 0.25) is 5.91 Å². The van der Waals surface area contributed by atoms with E-state index in [1.807, 2.05) is 18.1 Å². The van der Waals surface area contributed by atoms with Crippen LogP contribution in [-0.4, -0.2) is 119 Å². The van der Waals surface area contributed by atoms with Gasteiger partial charge in [0.1, 0.15) is 17.5 Å². The number of carbonyl (C=O) groups is 5. The Morgan fingerprint density at radius 1 is 1.12 bits per heavy atom. The van der Waals surface area contributed by atoms with Crippen LogP contribution in [-0.2, 0) is 48.7 Å². The van der Waals surface area contributed by atoms with Crippen LogP contribution < -0.4 is 9.80 Å². The molecule has 0 spiro atoms. The number of fused-ring (bicyclic) bond motifs is 1. The average Bonchev–Trinajstić information content (AvgIpc) is 3.69. The lowest BCUT2D eigenvalue weighted by Gasteiger charge is -2.38. The van der Waals surface area contributed by atoms with Gasteiger partial charge in [0.25, 0.3) is 6.23 Å². The fraction of sp³-hybridized carbons (Fsp3) is 0.548. The highest BCUT2D eigenvalue weighted by Gasteiger charge is 2.40. The number of anilines is 2. The smallest absolute Gasteiger partial charge is 0.418 e. The van der Waals surface area contributed by atoms with E-state index in [1.165, 1.54) is 20.8 Å². The number of hydrogen-bond donors (Lipinski definition) is 0. The Labute approximate surface area is 276 Å². The number of aromatic nitrogens is 2. The number of hydrogen-bond acceptors (Lipinski definition) is 12. The van der Waals surface area contributed by atoms with Crippen LogP contribution in [0.2, 0.25) is 0 Å². The van der Waals surface area contributed by atoms with Crippen LogP contribution in [0.3, 0.4) is 0 Å². The highest BCUT2D eigenvalue weighted by Crippen LogP contribution is 2.33. The molecule has 3 aliphatic heterocycles. The van der Waals surface area contributed by atoms with Crippen molar-refractivity contribution in [3.63, 3.8) is 0 Å². The van der Waals surface area contributed by atoms with Gasteiger partial charge in [-0.1, -0.05) is 0 Å². The molecule has 2 unspecified atom stereocenters. The van der Waals surface area contributed by atoms with E-state index in [1.54, 1.807) is 37.6 Å². The maximum absolute atomic E-state index is 15.3. The minimum Gasteiger partial charge on any atom is -0.465 e. The average molecular weight is 674 g/mol. The molecule has 3 aliphatic rings. The van der Waals surface area contributed by atoms with Gasteiger partial charge in [-0.25, -0.2) is 28.5 Å². The van der Waals surface area contributed by atoms with E-state index in [-0.39, 0.29) is 45.0 Å². The topological polar surface area (TPSA) is 156 Å². The molecule has 1 aromatic heterocycles. The SMILES string of the molecule is COC(=O)C(OC(=O)N(CC1CN(c2ccc(N3Cc4cn(C)nc4C3)c(F)c2)C(=O)O1)C(C)=O)N1CCN(C(=O)OC(C)(C)C)CC1. The number of amides is 4. The largest absolute Gasteiger partial charge is 0.465 e. The van der Waals surface area contributed by atoms with Crippen LogP contribution in [0.4, 0.5) is 30.1 Å². The van der Waals surface area contributed by atoms with Crippen LogP contribution in [0.15, 0.2) is 24.4 Å². The van der Waals surface area contributed by atoms with Crippen molar-refractivity contribution in [3.8, 4) is 0 Å². The lowest BCUT2D eigenvalue weighted by atomic mass is 10.2. The molecule has 0 radical (unpaired) electrons. The summed E-state index contributed by atoms with van der Waals surface area (Å²) < 4.78 is 38.1. The van der Waals surface area contributed by atoms with E-state index in [2.05, 4.69) is 5.10 Å². The highest BCUT2D eigenvalue weighted by atomic mass is 19.1. The van der Waals surface area contributed by atoms with Crippen LogP contribution in [0.1, 0.15) is 39.0 Å². The van der Waals surface area contributed by atoms with Crippen molar-refractivity contribution in [1.82, 2.24) is 24.5 Å². The number of halogens is 1. The van der Waals surface area contributed by atoms with E-state index >= 15 is 4.39 Å². The van der Waals surface area contributed by atoms with Gasteiger partial charge >= 0.3 is 24.2 Å². The zero-order valence-electron chi connectivity index (χ0n) is 27.8. The molecule has 17 heteroatoms. The molecule has 48 heavy (non-hydrogen) atoms. The Kier molecular flexibility index (Phi) is 9.79. The minimum atomic E-state index is -1.51. The van der Waals surface area contributed by atoms with Gasteiger partial charge in [-0.2, -0.15) is 5.10 Å². The number of benzene rings is 1. The predicted molar refractivity (Wildman–Crippen MR) is 166 cm³/mol. The summed E-state index contributed by atoms with van der Waals surface area (Å²) in [6.45, 7) is 7.57. The van der Waals surface area contributed by atoms with Crippen LogP contribution in [0.5, 0.6) is 0 Å². The second kappa shape index (κ2) is 13.7. The number of imide groups is 1. The zero-order valence-corrected chi connectivity index (χ0v) is 27.8. The molecule has 2 fully saturated rings. The normalized spacial score (nSPS) is 18.7. The molecule has 5 rings (SSSR count). The predicted octanol–water partition coefficient (Wildman–Crippen LogP) is 2.44. The lowest BCUT2D eigenvalue weighted by Crippen LogP contribution is -2.57. The quantitative estimate of drug-likeness (QED) is 0.313. The summed E-state index contributed by atoms with van der Waals surface area (Å²) in [5.41, 5.74) is 1.81. The van der Waals surface area contributed by atoms with E-state index in [0.717, 1.165) is 30.2 Å². The summed E-state index contributed by atoms with van der Waals surface area (Å²) in [7, 11) is 2.96. The number of aryl methyl sites for hydroxylation is 1. The molecule has 0 saturated carbocycles. The minimum absolute atomic E-state index is 0.0819. The molecular formula is C31H40FN7O9. The molecule has 0 N–H and O–H groups in total. The van der Waals surface area contributed by atoms with Crippen molar-refractivity contribution in [2.75, 3.05) is 56.2 Å². The summed E-state index contributed by atoms with van der Waals surface area (Å²) in [6, 6.07) is 4.41. The van der Waals surface area contributed by atoms with E-state index in [9.17, 15) is 24.0 Å². The van der Waals surface area contributed by atoms with E-state index < -0.39 is 53.9 Å². The fourth-order valence-electron chi connectivity index (χ4n) is 5.74. The first kappa shape index (κ1) is 34.4. The van der Waals surface area contributed by atoms with Gasteiger partial charge in [-0.15, -0.1) is 0 Å². The van der Waals surface area contributed by atoms with Crippen molar-refractivity contribution in [2.45, 2.75) is 58.7 Å². The van der Waals surface area contributed by atoms with Crippen molar-refractivity contribution in [3.05, 3.63) is 41.5 Å². The third-order valence-corrected chi connectivity index (χ3v) is 8.05. The summed E-state index contributed by atoms with van der Waals surface area (Å²) in [6.07, 6.45) is -3.02. The Balaban J connectivity index is 1.19. The van der Waals surface area contributed by atoms with Gasteiger partial charge < -0.3 is 28.7 Å². The monoisotopic (exact) mass is 673 g/mol. The standard InChI is InChI=1S/C31H40FN7O9/c1-19(40)38(29(43)47-26(27(41)45-6)35-9-11-36(12-10-35)28(42)48-31(2,3)4)16-22-17-39(30(44)46-22)21-7-8-25(23(32)13-21)37-15-20-14-34(5)33-24(20)18-37/h7-8,13-14,22,26H,9-12,15-18H2,1-6H3. The Morgan fingerprint density at radius 2 is 1.83 bits per heavy atom. The highest BCUT2D eigenvalue weighted by molar-refractivity contribution is 5.93. The number of methoxy groups -OCH3 is 1. The molecule has 4 amide bonds. The summed E-state index contributed by atoms with van der Waals surface area (Å²) in [4.78, 5) is 70.5. The third kappa shape index (κ3) is 7.61. The van der Waals surface area contributed by atoms with Crippen molar-refractivity contribution in [1.29, 1.82) is 0 Å². The number of nitrogens with zero attached hydrogens (tertiary/aromatic N) is 7. The molecule has 1 aromatic carbocycles. The molecule has 4 heterocycles. The number of cyclic esters (lactones) is 1. The Bertz CT molecular complexity index is 1560. The van der Waals surface area contributed by atoms with Crippen molar-refractivity contribution in [2.24, 2.45) is 7.05 Å². The molecule has 16 nitrogen and oxygen atoms in total.